The van der Waals surface area contributed by atoms with Crippen molar-refractivity contribution in [2.24, 2.45) is 0 Å². The molecule has 1 spiro atoms. The van der Waals surface area contributed by atoms with Gasteiger partial charge in [0, 0.05) is 38.1 Å². The Balaban J connectivity index is 1.30. The van der Waals surface area contributed by atoms with E-state index in [0.717, 1.165) is 28.9 Å². The van der Waals surface area contributed by atoms with Crippen molar-refractivity contribution in [1.29, 1.82) is 0 Å². The van der Waals surface area contributed by atoms with E-state index < -0.39 is 5.54 Å². The summed E-state index contributed by atoms with van der Waals surface area (Å²) in [6.45, 7) is 3.81. The second-order valence-electron chi connectivity index (χ2n) is 10.6. The van der Waals surface area contributed by atoms with Gasteiger partial charge in [0.15, 0.2) is 0 Å². The van der Waals surface area contributed by atoms with E-state index in [9.17, 15) is 14.4 Å². The number of carbonyl (C=O) groups excluding carboxylic acids is 3. The molecule has 0 radical (unpaired) electrons. The zero-order valence-corrected chi connectivity index (χ0v) is 23.3. The molecule has 0 aliphatic carbocycles. The van der Waals surface area contributed by atoms with Gasteiger partial charge in [0.1, 0.15) is 12.1 Å². The van der Waals surface area contributed by atoms with Crippen LogP contribution in [0.3, 0.4) is 0 Å². The summed E-state index contributed by atoms with van der Waals surface area (Å²) in [5, 5.41) is 3.06. The minimum absolute atomic E-state index is 0.0191. The Hall–Kier alpha value is -4.33. The maximum atomic E-state index is 14.0. The van der Waals surface area contributed by atoms with Crippen molar-refractivity contribution in [3.63, 3.8) is 0 Å². The average Bonchev–Trinajstić information content (AvgIpc) is 3.24. The Morgan fingerprint density at radius 2 is 1.52 bits per heavy atom. The van der Waals surface area contributed by atoms with Crippen LogP contribution in [0.5, 0.6) is 0 Å². The fourth-order valence-electron chi connectivity index (χ4n) is 5.78. The molecular weight excluding hydrogens is 502 g/mol. The highest BCUT2D eigenvalue weighted by Gasteiger charge is 2.54. The summed E-state index contributed by atoms with van der Waals surface area (Å²) in [6.07, 6.45) is 1.82. The third kappa shape index (κ3) is 5.52. The van der Waals surface area contributed by atoms with Crippen molar-refractivity contribution < 1.29 is 14.4 Å². The first-order valence-electron chi connectivity index (χ1n) is 13.9. The molecule has 8 heteroatoms. The molecule has 0 bridgehead atoms. The predicted octanol–water partition coefficient (Wildman–Crippen LogP) is 4.58. The Morgan fingerprint density at radius 1 is 0.900 bits per heavy atom. The lowest BCUT2D eigenvalue weighted by molar-refractivity contribution is -0.140. The van der Waals surface area contributed by atoms with E-state index in [1.807, 2.05) is 84.9 Å². The molecule has 0 aromatic heterocycles. The van der Waals surface area contributed by atoms with Crippen LogP contribution in [-0.4, -0.2) is 71.4 Å². The number of hydrogen-bond donors (Lipinski definition) is 1. The van der Waals surface area contributed by atoms with E-state index >= 15 is 0 Å². The minimum atomic E-state index is -0.794. The standard InChI is InChI=1S/C32H37N5O3/c1-3-26-14-10-11-17-28(26)33-31(40)35-20-18-32(19-21-35)30(39)36(24-37(32)27-15-8-5-9-16-27)23-29(38)34(2)22-25-12-6-4-7-13-25/h4-17H,3,18-24H2,1-2H3,(H,33,40). The van der Waals surface area contributed by atoms with E-state index in [2.05, 4.69) is 17.1 Å². The van der Waals surface area contributed by atoms with Crippen LogP contribution >= 0.6 is 0 Å². The van der Waals surface area contributed by atoms with Crippen molar-refractivity contribution >= 4 is 29.2 Å². The molecule has 3 aromatic carbocycles. The number of rotatable bonds is 7. The largest absolute Gasteiger partial charge is 0.340 e. The molecule has 0 saturated carbocycles. The number of piperidine rings is 1. The summed E-state index contributed by atoms with van der Waals surface area (Å²) in [5.41, 5.74) is 3.10. The molecule has 5 rings (SSSR count). The fourth-order valence-corrected chi connectivity index (χ4v) is 5.78. The number of likely N-dealkylation sites (tertiary alicyclic amines) is 1. The second kappa shape index (κ2) is 11.8. The van der Waals surface area contributed by atoms with Crippen molar-refractivity contribution in [3.8, 4) is 0 Å². The normalized spacial score (nSPS) is 16.4. The SMILES string of the molecule is CCc1ccccc1NC(=O)N1CCC2(CC1)C(=O)N(CC(=O)N(C)Cc1ccccc1)CN2c1ccccc1. The highest BCUT2D eigenvalue weighted by atomic mass is 16.2. The molecule has 2 saturated heterocycles. The van der Waals surface area contributed by atoms with Gasteiger partial charge in [-0.15, -0.1) is 0 Å². The number of aryl methyl sites for hydroxylation is 1. The van der Waals surface area contributed by atoms with Crippen molar-refractivity contribution in [2.75, 3.05) is 43.6 Å². The zero-order chi connectivity index (χ0) is 28.1. The number of hydrogen-bond acceptors (Lipinski definition) is 4. The summed E-state index contributed by atoms with van der Waals surface area (Å²) in [6, 6.07) is 27.4. The highest BCUT2D eigenvalue weighted by Crippen LogP contribution is 2.39. The minimum Gasteiger partial charge on any atom is -0.340 e. The van der Waals surface area contributed by atoms with Crippen LogP contribution in [0.15, 0.2) is 84.9 Å². The molecule has 3 aromatic rings. The Morgan fingerprint density at radius 3 is 2.20 bits per heavy atom. The number of nitrogens with one attached hydrogen (secondary N) is 1. The molecule has 0 unspecified atom stereocenters. The average molecular weight is 540 g/mol. The molecule has 0 atom stereocenters. The maximum absolute atomic E-state index is 14.0. The molecule has 1 N–H and O–H groups in total. The lowest BCUT2D eigenvalue weighted by atomic mass is 9.85. The van der Waals surface area contributed by atoms with Crippen LogP contribution in [0.4, 0.5) is 16.2 Å². The molecule has 2 fully saturated rings. The number of benzene rings is 3. The summed E-state index contributed by atoms with van der Waals surface area (Å²) in [4.78, 5) is 47.6. The van der Waals surface area contributed by atoms with Gasteiger partial charge in [-0.25, -0.2) is 4.79 Å². The van der Waals surface area contributed by atoms with Crippen LogP contribution in [-0.2, 0) is 22.6 Å². The number of carbonyl (C=O) groups is 3. The van der Waals surface area contributed by atoms with Crippen LogP contribution < -0.4 is 10.2 Å². The second-order valence-corrected chi connectivity index (χ2v) is 10.6. The maximum Gasteiger partial charge on any atom is 0.321 e. The van der Waals surface area contributed by atoms with Gasteiger partial charge < -0.3 is 24.9 Å². The lowest BCUT2D eigenvalue weighted by Gasteiger charge is -2.43. The third-order valence-electron chi connectivity index (χ3n) is 8.11. The predicted molar refractivity (Wildman–Crippen MR) is 157 cm³/mol. The summed E-state index contributed by atoms with van der Waals surface area (Å²) in [7, 11) is 1.77. The van der Waals surface area contributed by atoms with Crippen LogP contribution in [0, 0.1) is 0 Å². The number of nitrogens with zero attached hydrogens (tertiary/aromatic N) is 4. The molecule has 208 valence electrons. The first kappa shape index (κ1) is 27.2. The van der Waals surface area contributed by atoms with Crippen molar-refractivity contribution in [3.05, 3.63) is 96.1 Å². The topological polar surface area (TPSA) is 76.2 Å². The lowest BCUT2D eigenvalue weighted by Crippen LogP contribution is -2.58. The van der Waals surface area contributed by atoms with Gasteiger partial charge in [0.2, 0.25) is 5.91 Å². The quantitative estimate of drug-likeness (QED) is 0.477. The van der Waals surface area contributed by atoms with Gasteiger partial charge in [0.05, 0.1) is 6.67 Å². The summed E-state index contributed by atoms with van der Waals surface area (Å²) in [5.74, 6) is -0.150. The number of urea groups is 1. The van der Waals surface area contributed by atoms with Crippen LogP contribution in [0.2, 0.25) is 0 Å². The summed E-state index contributed by atoms with van der Waals surface area (Å²) < 4.78 is 0. The van der Waals surface area contributed by atoms with E-state index in [1.165, 1.54) is 0 Å². The van der Waals surface area contributed by atoms with E-state index in [4.69, 9.17) is 0 Å². The highest BCUT2D eigenvalue weighted by molar-refractivity contribution is 5.97. The number of para-hydroxylation sites is 2. The number of likely N-dealkylation sites (N-methyl/N-ethyl adjacent to an activating group) is 1. The Bertz CT molecular complexity index is 1340. The van der Waals surface area contributed by atoms with Gasteiger partial charge in [-0.3, -0.25) is 9.59 Å². The van der Waals surface area contributed by atoms with E-state index in [0.29, 0.717) is 39.1 Å². The van der Waals surface area contributed by atoms with Crippen LogP contribution in [0.25, 0.3) is 0 Å². The van der Waals surface area contributed by atoms with Gasteiger partial charge >= 0.3 is 6.03 Å². The fraction of sp³-hybridized carbons (Fsp3) is 0.344. The monoisotopic (exact) mass is 539 g/mol. The van der Waals surface area contributed by atoms with Gasteiger partial charge in [-0.2, -0.15) is 0 Å². The molecule has 8 nitrogen and oxygen atoms in total. The molecule has 40 heavy (non-hydrogen) atoms. The Labute approximate surface area is 236 Å². The van der Waals surface area contributed by atoms with Crippen LogP contribution in [0.1, 0.15) is 30.9 Å². The molecule has 2 heterocycles. The van der Waals surface area contributed by atoms with Gasteiger partial charge in [-0.1, -0.05) is 73.7 Å². The van der Waals surface area contributed by atoms with E-state index in [1.54, 1.807) is 21.7 Å². The molecule has 2 aliphatic rings. The van der Waals surface area contributed by atoms with Crippen molar-refractivity contribution in [2.45, 2.75) is 38.3 Å². The van der Waals surface area contributed by atoms with Crippen molar-refractivity contribution in [1.82, 2.24) is 14.7 Å². The van der Waals surface area contributed by atoms with E-state index in [-0.39, 0.29) is 24.4 Å². The van der Waals surface area contributed by atoms with Gasteiger partial charge in [-0.05, 0) is 48.6 Å². The molecule has 2 aliphatic heterocycles. The molecular formula is C32H37N5O3. The number of anilines is 2. The smallest absolute Gasteiger partial charge is 0.321 e. The third-order valence-corrected chi connectivity index (χ3v) is 8.11. The first-order valence-corrected chi connectivity index (χ1v) is 13.9. The number of amides is 4. The Kier molecular flexibility index (Phi) is 8.05. The first-order chi connectivity index (χ1) is 19.4. The molecule has 4 amide bonds. The van der Waals surface area contributed by atoms with Gasteiger partial charge in [0.25, 0.3) is 5.91 Å². The zero-order valence-electron chi connectivity index (χ0n) is 23.3. The summed E-state index contributed by atoms with van der Waals surface area (Å²) >= 11 is 0.